The van der Waals surface area contributed by atoms with E-state index in [-0.39, 0.29) is 25.5 Å². The molecule has 0 bridgehead atoms. The van der Waals surface area contributed by atoms with Crippen LogP contribution in [-0.4, -0.2) is 37.5 Å². The minimum atomic E-state index is -0.597. The number of nitrogens with one attached hydrogen (secondary N) is 1. The summed E-state index contributed by atoms with van der Waals surface area (Å²) in [6.45, 7) is 4.18. The van der Waals surface area contributed by atoms with E-state index in [4.69, 9.17) is 9.47 Å². The van der Waals surface area contributed by atoms with Gasteiger partial charge in [0.05, 0.1) is 12.5 Å². The number of aryl methyl sites for hydroxylation is 1. The van der Waals surface area contributed by atoms with Crippen LogP contribution in [0.2, 0.25) is 0 Å². The fourth-order valence-corrected chi connectivity index (χ4v) is 3.16. The molecule has 1 fully saturated rings. The number of rotatable bonds is 7. The van der Waals surface area contributed by atoms with Crippen molar-refractivity contribution in [2.75, 3.05) is 30.0 Å². The molecule has 29 heavy (non-hydrogen) atoms. The Hall–Kier alpha value is -3.35. The second-order valence-corrected chi connectivity index (χ2v) is 6.80. The number of carbonyl (C=O) groups is 3. The minimum Gasteiger partial charge on any atom is -0.494 e. The van der Waals surface area contributed by atoms with Crippen molar-refractivity contribution in [3.05, 3.63) is 54.1 Å². The van der Waals surface area contributed by atoms with E-state index in [0.29, 0.717) is 18.0 Å². The molecule has 0 aliphatic carbocycles. The average molecular weight is 396 g/mol. The third-order valence-electron chi connectivity index (χ3n) is 4.68. The lowest BCUT2D eigenvalue weighted by molar-refractivity contribution is -0.151. The number of amides is 2. The van der Waals surface area contributed by atoms with Crippen LogP contribution in [0.3, 0.4) is 0 Å². The van der Waals surface area contributed by atoms with E-state index in [2.05, 4.69) is 5.32 Å². The largest absolute Gasteiger partial charge is 0.494 e. The number of benzene rings is 2. The highest BCUT2D eigenvalue weighted by molar-refractivity contribution is 6.00. The SMILES string of the molecule is CCOc1ccc(N2C[C@H](C(=O)OCC(=O)Nc3ccccc3C)CC2=O)cc1. The molecule has 1 aliphatic rings. The van der Waals surface area contributed by atoms with E-state index in [9.17, 15) is 14.4 Å². The van der Waals surface area contributed by atoms with Crippen molar-refractivity contribution in [2.45, 2.75) is 20.3 Å². The standard InChI is InChI=1S/C22H24N2O5/c1-3-28-18-10-8-17(9-11-18)24-13-16(12-21(24)26)22(27)29-14-20(25)23-19-7-5-4-6-15(19)2/h4-11,16H,3,12-14H2,1-2H3,(H,23,25)/t16-/m1/s1. The van der Waals surface area contributed by atoms with Crippen LogP contribution in [-0.2, 0) is 19.1 Å². The third kappa shape index (κ3) is 5.13. The number of esters is 1. The zero-order valence-corrected chi connectivity index (χ0v) is 16.5. The molecule has 1 N–H and O–H groups in total. The van der Waals surface area contributed by atoms with Gasteiger partial charge in [0, 0.05) is 24.3 Å². The Labute approximate surface area is 169 Å². The van der Waals surface area contributed by atoms with Gasteiger partial charge in [-0.3, -0.25) is 14.4 Å². The van der Waals surface area contributed by atoms with Gasteiger partial charge in [-0.25, -0.2) is 0 Å². The zero-order chi connectivity index (χ0) is 20.8. The Balaban J connectivity index is 1.52. The molecule has 0 radical (unpaired) electrons. The van der Waals surface area contributed by atoms with E-state index >= 15 is 0 Å². The van der Waals surface area contributed by atoms with E-state index in [1.165, 1.54) is 0 Å². The Morgan fingerprint density at radius 3 is 2.55 bits per heavy atom. The summed E-state index contributed by atoms with van der Waals surface area (Å²) in [5.41, 5.74) is 2.29. The van der Waals surface area contributed by atoms with Crippen molar-refractivity contribution >= 4 is 29.2 Å². The summed E-state index contributed by atoms with van der Waals surface area (Å²) in [5, 5.41) is 2.71. The summed E-state index contributed by atoms with van der Waals surface area (Å²) < 4.78 is 10.5. The van der Waals surface area contributed by atoms with E-state index in [0.717, 1.165) is 11.3 Å². The van der Waals surface area contributed by atoms with Crippen molar-refractivity contribution < 1.29 is 23.9 Å². The van der Waals surface area contributed by atoms with Crippen molar-refractivity contribution in [3.8, 4) is 5.75 Å². The summed E-state index contributed by atoms with van der Waals surface area (Å²) in [6.07, 6.45) is 0.0610. The quantitative estimate of drug-likeness (QED) is 0.728. The number of carbonyl (C=O) groups excluding carboxylic acids is 3. The maximum atomic E-state index is 12.3. The second-order valence-electron chi connectivity index (χ2n) is 6.80. The summed E-state index contributed by atoms with van der Waals surface area (Å²) in [6, 6.07) is 14.5. The minimum absolute atomic E-state index is 0.0610. The highest BCUT2D eigenvalue weighted by atomic mass is 16.5. The maximum Gasteiger partial charge on any atom is 0.311 e. The molecule has 1 aliphatic heterocycles. The zero-order valence-electron chi connectivity index (χ0n) is 16.5. The van der Waals surface area contributed by atoms with Crippen LogP contribution in [0.1, 0.15) is 18.9 Å². The molecular weight excluding hydrogens is 372 g/mol. The molecule has 7 nitrogen and oxygen atoms in total. The maximum absolute atomic E-state index is 12.3. The van der Waals surface area contributed by atoms with Crippen molar-refractivity contribution in [2.24, 2.45) is 5.92 Å². The van der Waals surface area contributed by atoms with Gasteiger partial charge >= 0.3 is 5.97 Å². The van der Waals surface area contributed by atoms with Gasteiger partial charge in [-0.2, -0.15) is 0 Å². The van der Waals surface area contributed by atoms with Crippen LogP contribution in [0.5, 0.6) is 5.75 Å². The van der Waals surface area contributed by atoms with Crippen LogP contribution >= 0.6 is 0 Å². The van der Waals surface area contributed by atoms with Crippen LogP contribution in [0.25, 0.3) is 0 Å². The Kier molecular flexibility index (Phi) is 6.49. The number of ether oxygens (including phenoxy) is 2. The predicted molar refractivity (Wildman–Crippen MR) is 109 cm³/mol. The second kappa shape index (κ2) is 9.23. The molecule has 0 spiro atoms. The molecular formula is C22H24N2O5. The first-order valence-electron chi connectivity index (χ1n) is 9.53. The highest BCUT2D eigenvalue weighted by Gasteiger charge is 2.36. The fourth-order valence-electron chi connectivity index (χ4n) is 3.16. The first-order valence-corrected chi connectivity index (χ1v) is 9.53. The molecule has 1 saturated heterocycles. The van der Waals surface area contributed by atoms with E-state index in [1.54, 1.807) is 35.2 Å². The lowest BCUT2D eigenvalue weighted by atomic mass is 10.1. The number of hydrogen-bond donors (Lipinski definition) is 1. The Morgan fingerprint density at radius 1 is 1.14 bits per heavy atom. The number of anilines is 2. The van der Waals surface area contributed by atoms with Gasteiger partial charge in [0.2, 0.25) is 5.91 Å². The molecule has 1 atom stereocenters. The third-order valence-corrected chi connectivity index (χ3v) is 4.68. The van der Waals surface area contributed by atoms with Crippen molar-refractivity contribution in [3.63, 3.8) is 0 Å². The molecule has 3 rings (SSSR count). The average Bonchev–Trinajstić information content (AvgIpc) is 3.10. The summed E-state index contributed by atoms with van der Waals surface area (Å²) in [5.74, 6) is -0.994. The molecule has 2 aromatic rings. The molecule has 0 saturated carbocycles. The van der Waals surface area contributed by atoms with Gasteiger partial charge in [0.25, 0.3) is 5.91 Å². The van der Waals surface area contributed by atoms with Crippen molar-refractivity contribution in [1.82, 2.24) is 0 Å². The van der Waals surface area contributed by atoms with Gasteiger partial charge in [0.1, 0.15) is 5.75 Å². The Morgan fingerprint density at radius 2 is 1.86 bits per heavy atom. The fraction of sp³-hybridized carbons (Fsp3) is 0.318. The molecule has 1 heterocycles. The van der Waals surface area contributed by atoms with Crippen LogP contribution in [0, 0.1) is 12.8 Å². The molecule has 152 valence electrons. The van der Waals surface area contributed by atoms with Gasteiger partial charge in [0.15, 0.2) is 6.61 Å². The first kappa shape index (κ1) is 20.4. The summed E-state index contributed by atoms with van der Waals surface area (Å²) >= 11 is 0. The predicted octanol–water partition coefficient (Wildman–Crippen LogP) is 2.93. The highest BCUT2D eigenvalue weighted by Crippen LogP contribution is 2.27. The normalized spacial score (nSPS) is 15.9. The van der Waals surface area contributed by atoms with Crippen molar-refractivity contribution in [1.29, 1.82) is 0 Å². The smallest absolute Gasteiger partial charge is 0.311 e. The summed E-state index contributed by atoms with van der Waals surface area (Å²) in [7, 11) is 0. The monoisotopic (exact) mass is 396 g/mol. The topological polar surface area (TPSA) is 84.9 Å². The van der Waals surface area contributed by atoms with E-state index < -0.39 is 17.8 Å². The van der Waals surface area contributed by atoms with Crippen LogP contribution in [0.4, 0.5) is 11.4 Å². The molecule has 0 aromatic heterocycles. The number of hydrogen-bond acceptors (Lipinski definition) is 5. The van der Waals surface area contributed by atoms with Gasteiger partial charge in [-0.15, -0.1) is 0 Å². The van der Waals surface area contributed by atoms with E-state index in [1.807, 2.05) is 32.0 Å². The van der Waals surface area contributed by atoms with Gasteiger partial charge in [-0.05, 0) is 49.7 Å². The Bertz CT molecular complexity index is 894. The molecule has 2 amide bonds. The molecule has 0 unspecified atom stereocenters. The van der Waals surface area contributed by atoms with Crippen LogP contribution < -0.4 is 15.0 Å². The first-order chi connectivity index (χ1) is 14.0. The van der Waals surface area contributed by atoms with Gasteiger partial charge in [-0.1, -0.05) is 18.2 Å². The number of nitrogens with zero attached hydrogens (tertiary/aromatic N) is 1. The molecule has 7 heteroatoms. The molecule has 2 aromatic carbocycles. The summed E-state index contributed by atoms with van der Waals surface area (Å²) in [4.78, 5) is 38.2. The van der Waals surface area contributed by atoms with Crippen LogP contribution in [0.15, 0.2) is 48.5 Å². The lowest BCUT2D eigenvalue weighted by Crippen LogP contribution is -2.28. The van der Waals surface area contributed by atoms with Gasteiger partial charge < -0.3 is 19.7 Å². The lowest BCUT2D eigenvalue weighted by Gasteiger charge is -2.17. The number of para-hydroxylation sites is 1.